The van der Waals surface area contributed by atoms with Crippen LogP contribution in [0.3, 0.4) is 0 Å². The smallest absolute Gasteiger partial charge is 0.162 e. The molecule has 0 saturated heterocycles. The second-order valence-corrected chi connectivity index (χ2v) is 5.91. The molecule has 5 heteroatoms. The zero-order valence-electron chi connectivity index (χ0n) is 10.8. The first kappa shape index (κ1) is 13.5. The van der Waals surface area contributed by atoms with E-state index in [4.69, 9.17) is 26.8 Å². The number of benzene rings is 2. The standard InChI is InChI=1S/C15H14ClNO2S/c16-11-3-1-4-12(17)15(11)20-10-5-6-13-14(9-10)19-8-2-7-18-13/h1,3-6,9H,2,7-8,17H2. The Balaban J connectivity index is 1.90. The highest BCUT2D eigenvalue weighted by atomic mass is 35.5. The molecule has 20 heavy (non-hydrogen) atoms. The Morgan fingerprint density at radius 3 is 2.65 bits per heavy atom. The summed E-state index contributed by atoms with van der Waals surface area (Å²) in [5, 5.41) is 0.655. The van der Waals surface area contributed by atoms with Gasteiger partial charge in [-0.25, -0.2) is 0 Å². The number of nitrogens with two attached hydrogens (primary N) is 1. The van der Waals surface area contributed by atoms with Crippen molar-refractivity contribution in [1.29, 1.82) is 0 Å². The molecule has 104 valence electrons. The molecule has 3 rings (SSSR count). The highest BCUT2D eigenvalue weighted by Crippen LogP contribution is 2.41. The molecule has 2 aromatic rings. The van der Waals surface area contributed by atoms with Crippen molar-refractivity contribution in [3.05, 3.63) is 41.4 Å². The van der Waals surface area contributed by atoms with Gasteiger partial charge in [0.25, 0.3) is 0 Å². The van der Waals surface area contributed by atoms with Crippen molar-refractivity contribution in [2.24, 2.45) is 0 Å². The summed E-state index contributed by atoms with van der Waals surface area (Å²) in [5.41, 5.74) is 6.65. The molecular formula is C15H14ClNO2S. The molecule has 3 nitrogen and oxygen atoms in total. The SMILES string of the molecule is Nc1cccc(Cl)c1Sc1ccc2c(c1)OCCCO2. The third-order valence-corrected chi connectivity index (χ3v) is 4.51. The van der Waals surface area contributed by atoms with Crippen LogP contribution in [0.5, 0.6) is 11.5 Å². The summed E-state index contributed by atoms with van der Waals surface area (Å²) in [7, 11) is 0. The quantitative estimate of drug-likeness (QED) is 0.843. The van der Waals surface area contributed by atoms with E-state index in [-0.39, 0.29) is 0 Å². The van der Waals surface area contributed by atoms with Crippen LogP contribution in [0.2, 0.25) is 5.02 Å². The summed E-state index contributed by atoms with van der Waals surface area (Å²) in [6.07, 6.45) is 0.897. The van der Waals surface area contributed by atoms with Crippen LogP contribution in [0.4, 0.5) is 5.69 Å². The summed E-state index contributed by atoms with van der Waals surface area (Å²) in [6, 6.07) is 11.4. The predicted molar refractivity (Wildman–Crippen MR) is 82.0 cm³/mol. The van der Waals surface area contributed by atoms with Gasteiger partial charge >= 0.3 is 0 Å². The van der Waals surface area contributed by atoms with Gasteiger partial charge in [-0.3, -0.25) is 0 Å². The number of halogens is 1. The maximum absolute atomic E-state index is 6.19. The van der Waals surface area contributed by atoms with Crippen LogP contribution in [0, 0.1) is 0 Å². The fourth-order valence-electron chi connectivity index (χ4n) is 1.96. The van der Waals surface area contributed by atoms with Crippen molar-refractivity contribution in [2.75, 3.05) is 18.9 Å². The number of hydrogen-bond acceptors (Lipinski definition) is 4. The molecule has 1 aliphatic heterocycles. The van der Waals surface area contributed by atoms with Gasteiger partial charge in [0, 0.05) is 17.0 Å². The fourth-order valence-corrected chi connectivity index (χ4v) is 3.14. The summed E-state index contributed by atoms with van der Waals surface area (Å²) in [4.78, 5) is 1.89. The lowest BCUT2D eigenvalue weighted by Crippen LogP contribution is -1.97. The number of fused-ring (bicyclic) bond motifs is 1. The molecule has 0 aromatic heterocycles. The number of ether oxygens (including phenoxy) is 2. The minimum atomic E-state index is 0.655. The summed E-state index contributed by atoms with van der Waals surface area (Å²) >= 11 is 7.72. The minimum Gasteiger partial charge on any atom is -0.490 e. The Morgan fingerprint density at radius 2 is 1.85 bits per heavy atom. The second-order valence-electron chi connectivity index (χ2n) is 4.42. The second kappa shape index (κ2) is 5.85. The van der Waals surface area contributed by atoms with E-state index in [1.54, 1.807) is 0 Å². The van der Waals surface area contributed by atoms with E-state index in [2.05, 4.69) is 0 Å². The van der Waals surface area contributed by atoms with E-state index >= 15 is 0 Å². The zero-order valence-corrected chi connectivity index (χ0v) is 12.3. The molecule has 2 N–H and O–H groups in total. The van der Waals surface area contributed by atoms with Crippen LogP contribution in [0.15, 0.2) is 46.2 Å². The number of hydrogen-bond donors (Lipinski definition) is 1. The first-order valence-corrected chi connectivity index (χ1v) is 7.55. The maximum Gasteiger partial charge on any atom is 0.162 e. The van der Waals surface area contributed by atoms with Crippen LogP contribution in [-0.4, -0.2) is 13.2 Å². The van der Waals surface area contributed by atoms with Gasteiger partial charge in [0.05, 0.1) is 23.1 Å². The van der Waals surface area contributed by atoms with Crippen molar-refractivity contribution >= 4 is 29.1 Å². The Kier molecular flexibility index (Phi) is 3.94. The molecular weight excluding hydrogens is 294 g/mol. The van der Waals surface area contributed by atoms with Gasteiger partial charge in [0.1, 0.15) is 0 Å². The maximum atomic E-state index is 6.19. The topological polar surface area (TPSA) is 44.5 Å². The predicted octanol–water partition coefficient (Wildman–Crippen LogP) is 4.23. The molecule has 1 heterocycles. The van der Waals surface area contributed by atoms with Gasteiger partial charge in [0.15, 0.2) is 11.5 Å². The van der Waals surface area contributed by atoms with Crippen molar-refractivity contribution in [3.8, 4) is 11.5 Å². The molecule has 0 bridgehead atoms. The summed E-state index contributed by atoms with van der Waals surface area (Å²) in [5.74, 6) is 1.57. The van der Waals surface area contributed by atoms with Crippen LogP contribution in [0.1, 0.15) is 6.42 Å². The molecule has 1 aliphatic rings. The van der Waals surface area contributed by atoms with Crippen molar-refractivity contribution in [2.45, 2.75) is 16.2 Å². The van der Waals surface area contributed by atoms with E-state index < -0.39 is 0 Å². The number of rotatable bonds is 2. The lowest BCUT2D eigenvalue weighted by Gasteiger charge is -2.11. The first-order valence-electron chi connectivity index (χ1n) is 6.35. The Morgan fingerprint density at radius 1 is 1.05 bits per heavy atom. The van der Waals surface area contributed by atoms with Gasteiger partial charge in [0.2, 0.25) is 0 Å². The highest BCUT2D eigenvalue weighted by Gasteiger charge is 2.13. The number of nitrogen functional groups attached to an aromatic ring is 1. The minimum absolute atomic E-state index is 0.655. The molecule has 0 aliphatic carbocycles. The third kappa shape index (κ3) is 2.81. The first-order chi connectivity index (χ1) is 9.74. The average molecular weight is 308 g/mol. The van der Waals surface area contributed by atoms with Crippen molar-refractivity contribution in [3.63, 3.8) is 0 Å². The monoisotopic (exact) mass is 307 g/mol. The largest absolute Gasteiger partial charge is 0.490 e. The van der Waals surface area contributed by atoms with Crippen molar-refractivity contribution < 1.29 is 9.47 Å². The van der Waals surface area contributed by atoms with E-state index in [0.29, 0.717) is 23.9 Å². The molecule has 0 fully saturated rings. The summed E-state index contributed by atoms with van der Waals surface area (Å²) < 4.78 is 11.3. The lowest BCUT2D eigenvalue weighted by molar-refractivity contribution is 0.297. The third-order valence-electron chi connectivity index (χ3n) is 2.94. The molecule has 0 saturated carbocycles. The van der Waals surface area contributed by atoms with E-state index in [1.807, 2.05) is 36.4 Å². The van der Waals surface area contributed by atoms with Crippen LogP contribution in [0.25, 0.3) is 0 Å². The Hall–Kier alpha value is -1.52. The van der Waals surface area contributed by atoms with E-state index in [0.717, 1.165) is 27.7 Å². The normalized spacial score (nSPS) is 13.8. The number of anilines is 1. The van der Waals surface area contributed by atoms with Crippen LogP contribution < -0.4 is 15.2 Å². The Bertz CT molecular complexity index is 613. The molecule has 0 radical (unpaired) electrons. The van der Waals surface area contributed by atoms with E-state index in [1.165, 1.54) is 11.8 Å². The summed E-state index contributed by atoms with van der Waals surface area (Å²) in [6.45, 7) is 1.37. The zero-order chi connectivity index (χ0) is 13.9. The van der Waals surface area contributed by atoms with Crippen molar-refractivity contribution in [1.82, 2.24) is 0 Å². The van der Waals surface area contributed by atoms with Gasteiger partial charge < -0.3 is 15.2 Å². The van der Waals surface area contributed by atoms with E-state index in [9.17, 15) is 0 Å². The fraction of sp³-hybridized carbons (Fsp3) is 0.200. The molecule has 0 spiro atoms. The highest BCUT2D eigenvalue weighted by molar-refractivity contribution is 7.99. The molecule has 0 amide bonds. The Labute approximate surface area is 127 Å². The average Bonchev–Trinajstić information content (AvgIpc) is 2.68. The molecule has 0 unspecified atom stereocenters. The van der Waals surface area contributed by atoms with Gasteiger partial charge in [-0.2, -0.15) is 0 Å². The molecule has 0 atom stereocenters. The van der Waals surface area contributed by atoms with Gasteiger partial charge in [-0.1, -0.05) is 29.4 Å². The van der Waals surface area contributed by atoms with Crippen LogP contribution in [-0.2, 0) is 0 Å². The lowest BCUT2D eigenvalue weighted by atomic mass is 10.3. The van der Waals surface area contributed by atoms with Gasteiger partial charge in [-0.15, -0.1) is 0 Å². The van der Waals surface area contributed by atoms with Gasteiger partial charge in [-0.05, 0) is 30.3 Å². The van der Waals surface area contributed by atoms with Crippen LogP contribution >= 0.6 is 23.4 Å². The molecule has 2 aromatic carbocycles.